The lowest BCUT2D eigenvalue weighted by Crippen LogP contribution is -2.34. The molecule has 12 heteroatoms. The van der Waals surface area contributed by atoms with Crippen molar-refractivity contribution in [1.82, 2.24) is 0 Å². The third-order valence-electron chi connectivity index (χ3n) is 8.76. The zero-order valence-electron chi connectivity index (χ0n) is 32.2. The standard InChI is InChI=1S/C39H74NO10P/c1-3-5-7-9-11-13-15-17-19-21-23-25-27-29-31-38(42)50-35(33-48-51(45,46)49-34-36(40)39(43)44)32-47-37(41)30-28-26-24-22-20-18-16-14-12-10-8-6-4-2/h15,17,35-36H,3-14,16,18-34,40H2,1-2H3,(H,43,44)(H,45,46)/b17-15-/t35-,36+/m1/s1. The maximum Gasteiger partial charge on any atom is 0.472 e. The molecular weight excluding hydrogens is 673 g/mol. The quantitative estimate of drug-likeness (QED) is 0.0237. The highest BCUT2D eigenvalue weighted by Gasteiger charge is 2.28. The molecule has 0 aliphatic carbocycles. The second kappa shape index (κ2) is 35.3. The fourth-order valence-electron chi connectivity index (χ4n) is 5.53. The van der Waals surface area contributed by atoms with Crippen molar-refractivity contribution < 1.29 is 47.5 Å². The lowest BCUT2D eigenvalue weighted by Gasteiger charge is -2.20. The van der Waals surface area contributed by atoms with E-state index in [2.05, 4.69) is 30.5 Å². The number of esters is 2. The molecule has 0 aromatic heterocycles. The van der Waals surface area contributed by atoms with E-state index in [9.17, 15) is 23.8 Å². The lowest BCUT2D eigenvalue weighted by molar-refractivity contribution is -0.161. The number of phosphoric acid groups is 1. The number of rotatable bonds is 38. The van der Waals surface area contributed by atoms with Gasteiger partial charge in [0.25, 0.3) is 0 Å². The van der Waals surface area contributed by atoms with E-state index < -0.39 is 51.1 Å². The molecule has 4 N–H and O–H groups in total. The van der Waals surface area contributed by atoms with Crippen LogP contribution in [0.2, 0.25) is 0 Å². The van der Waals surface area contributed by atoms with Crippen molar-refractivity contribution >= 4 is 25.7 Å². The maximum atomic E-state index is 12.6. The molecule has 0 bridgehead atoms. The molecule has 0 rings (SSSR count). The normalized spacial score (nSPS) is 14.0. The summed E-state index contributed by atoms with van der Waals surface area (Å²) in [6, 6.07) is -1.52. The van der Waals surface area contributed by atoms with Crippen molar-refractivity contribution in [2.45, 2.75) is 199 Å². The monoisotopic (exact) mass is 748 g/mol. The molecular formula is C39H74NO10P. The SMILES string of the molecule is CCCCCCC/C=C\CCCCCCCC(=O)O[C@H](COC(=O)CCCCCCCCCCCCCCC)COP(=O)(O)OC[C@H](N)C(=O)O. The highest BCUT2D eigenvalue weighted by molar-refractivity contribution is 7.47. The summed E-state index contributed by atoms with van der Waals surface area (Å²) >= 11 is 0. The predicted molar refractivity (Wildman–Crippen MR) is 203 cm³/mol. The summed E-state index contributed by atoms with van der Waals surface area (Å²) in [5.41, 5.74) is 5.32. The van der Waals surface area contributed by atoms with Crippen molar-refractivity contribution in [1.29, 1.82) is 0 Å². The summed E-state index contributed by atoms with van der Waals surface area (Å²) in [4.78, 5) is 45.8. The number of carbonyl (C=O) groups is 3. The van der Waals surface area contributed by atoms with Crippen LogP contribution in [0.1, 0.15) is 187 Å². The van der Waals surface area contributed by atoms with Gasteiger partial charge in [-0.15, -0.1) is 0 Å². The van der Waals surface area contributed by atoms with E-state index in [-0.39, 0.29) is 19.4 Å². The first-order valence-corrected chi connectivity index (χ1v) is 21.7. The molecule has 0 saturated carbocycles. The topological polar surface area (TPSA) is 172 Å². The molecule has 300 valence electrons. The molecule has 0 spiro atoms. The van der Waals surface area contributed by atoms with Crippen LogP contribution < -0.4 is 5.73 Å². The van der Waals surface area contributed by atoms with Crippen LogP contribution in [0.4, 0.5) is 0 Å². The van der Waals surface area contributed by atoms with Crippen molar-refractivity contribution in [3.8, 4) is 0 Å². The minimum Gasteiger partial charge on any atom is -0.480 e. The Morgan fingerprint density at radius 2 is 0.980 bits per heavy atom. The number of carboxylic acid groups (broad SMARTS) is 1. The van der Waals surface area contributed by atoms with Crippen molar-refractivity contribution in [2.24, 2.45) is 5.73 Å². The zero-order chi connectivity index (χ0) is 37.8. The second-order valence-corrected chi connectivity index (χ2v) is 15.2. The van der Waals surface area contributed by atoms with Gasteiger partial charge in [-0.1, -0.05) is 148 Å². The number of hydrogen-bond donors (Lipinski definition) is 3. The molecule has 0 heterocycles. The van der Waals surface area contributed by atoms with E-state index in [1.807, 2.05) is 0 Å². The molecule has 0 aromatic carbocycles. The maximum absolute atomic E-state index is 12.6. The van der Waals surface area contributed by atoms with E-state index in [0.29, 0.717) is 12.8 Å². The van der Waals surface area contributed by atoms with Gasteiger partial charge in [0.15, 0.2) is 6.10 Å². The lowest BCUT2D eigenvalue weighted by atomic mass is 10.0. The molecule has 0 aromatic rings. The smallest absolute Gasteiger partial charge is 0.472 e. The van der Waals surface area contributed by atoms with Gasteiger partial charge in [-0.2, -0.15) is 0 Å². The Hall–Kier alpha value is -1.78. The molecule has 1 unspecified atom stereocenters. The van der Waals surface area contributed by atoms with Gasteiger partial charge in [0.05, 0.1) is 13.2 Å². The van der Waals surface area contributed by atoms with Gasteiger partial charge in [-0.3, -0.25) is 23.4 Å². The van der Waals surface area contributed by atoms with Crippen LogP contribution in [0.25, 0.3) is 0 Å². The number of carboxylic acids is 1. The Labute approximate surface area is 309 Å². The zero-order valence-corrected chi connectivity index (χ0v) is 33.1. The molecule has 0 fully saturated rings. The van der Waals surface area contributed by atoms with Gasteiger partial charge in [0, 0.05) is 12.8 Å². The molecule has 0 saturated heterocycles. The van der Waals surface area contributed by atoms with Gasteiger partial charge < -0.3 is 25.2 Å². The van der Waals surface area contributed by atoms with Crippen molar-refractivity contribution in [3.63, 3.8) is 0 Å². The number of nitrogens with two attached hydrogens (primary N) is 1. The first-order chi connectivity index (χ1) is 24.6. The number of allylic oxidation sites excluding steroid dienone is 2. The Balaban J connectivity index is 4.41. The number of phosphoric ester groups is 1. The summed E-state index contributed by atoms with van der Waals surface area (Å²) < 4.78 is 32.6. The molecule has 11 nitrogen and oxygen atoms in total. The van der Waals surface area contributed by atoms with E-state index in [0.717, 1.165) is 57.8 Å². The van der Waals surface area contributed by atoms with E-state index in [1.54, 1.807) is 0 Å². The Morgan fingerprint density at radius 1 is 0.588 bits per heavy atom. The average Bonchev–Trinajstić information content (AvgIpc) is 3.10. The average molecular weight is 748 g/mol. The van der Waals surface area contributed by atoms with Crippen LogP contribution in [-0.4, -0.2) is 59.9 Å². The minimum atomic E-state index is -4.71. The minimum absolute atomic E-state index is 0.155. The highest BCUT2D eigenvalue weighted by atomic mass is 31.2. The number of aliphatic carboxylic acids is 1. The van der Waals surface area contributed by atoms with Crippen LogP contribution in [0.5, 0.6) is 0 Å². The number of unbranched alkanes of at least 4 members (excludes halogenated alkanes) is 22. The fraction of sp³-hybridized carbons (Fsp3) is 0.872. The van der Waals surface area contributed by atoms with Crippen LogP contribution in [0, 0.1) is 0 Å². The molecule has 0 aliphatic heterocycles. The molecule has 0 aliphatic rings. The van der Waals surface area contributed by atoms with Crippen LogP contribution >= 0.6 is 7.82 Å². The second-order valence-electron chi connectivity index (χ2n) is 13.8. The van der Waals surface area contributed by atoms with E-state index >= 15 is 0 Å². The van der Waals surface area contributed by atoms with Crippen LogP contribution in [0.3, 0.4) is 0 Å². The fourth-order valence-corrected chi connectivity index (χ4v) is 6.31. The molecule has 0 radical (unpaired) electrons. The largest absolute Gasteiger partial charge is 0.480 e. The van der Waals surface area contributed by atoms with Gasteiger partial charge in [0.1, 0.15) is 12.6 Å². The first-order valence-electron chi connectivity index (χ1n) is 20.2. The van der Waals surface area contributed by atoms with Crippen LogP contribution in [-0.2, 0) is 37.5 Å². The molecule has 51 heavy (non-hydrogen) atoms. The highest BCUT2D eigenvalue weighted by Crippen LogP contribution is 2.43. The van der Waals surface area contributed by atoms with E-state index in [1.165, 1.54) is 89.9 Å². The summed E-state index contributed by atoms with van der Waals surface area (Å²) in [6.07, 6.45) is 32.7. The third-order valence-corrected chi connectivity index (χ3v) is 9.71. The Morgan fingerprint density at radius 3 is 1.43 bits per heavy atom. The van der Waals surface area contributed by atoms with Gasteiger partial charge in [0.2, 0.25) is 0 Å². The molecule has 0 amide bonds. The first kappa shape index (κ1) is 49.2. The molecule has 3 atom stereocenters. The summed E-state index contributed by atoms with van der Waals surface area (Å²) in [6.45, 7) is 2.78. The Kier molecular flexibility index (Phi) is 34.0. The summed E-state index contributed by atoms with van der Waals surface area (Å²) in [7, 11) is -4.71. The predicted octanol–water partition coefficient (Wildman–Crippen LogP) is 10.1. The van der Waals surface area contributed by atoms with E-state index in [4.69, 9.17) is 24.8 Å². The van der Waals surface area contributed by atoms with Crippen molar-refractivity contribution in [2.75, 3.05) is 19.8 Å². The van der Waals surface area contributed by atoms with Crippen molar-refractivity contribution in [3.05, 3.63) is 12.2 Å². The summed E-state index contributed by atoms with van der Waals surface area (Å²) in [5.74, 6) is -2.38. The number of ether oxygens (including phenoxy) is 2. The van der Waals surface area contributed by atoms with Gasteiger partial charge >= 0.3 is 25.7 Å². The Bertz CT molecular complexity index is 932. The number of carbonyl (C=O) groups excluding carboxylic acids is 2. The number of hydrogen-bond acceptors (Lipinski definition) is 9. The third kappa shape index (κ3) is 35.0. The summed E-state index contributed by atoms with van der Waals surface area (Å²) in [5, 5.41) is 8.86. The van der Waals surface area contributed by atoms with Crippen LogP contribution in [0.15, 0.2) is 12.2 Å². The van der Waals surface area contributed by atoms with Gasteiger partial charge in [-0.05, 0) is 38.5 Å². The van der Waals surface area contributed by atoms with Gasteiger partial charge in [-0.25, -0.2) is 4.57 Å².